The monoisotopic (exact) mass is 173 g/mol. The highest BCUT2D eigenvalue weighted by atomic mass is 32.2. The maximum Gasteiger partial charge on any atom is 0.372 e. The van der Waals surface area contributed by atoms with Crippen LogP contribution < -0.4 is 0 Å². The predicted octanol–water partition coefficient (Wildman–Crippen LogP) is 0.948. The zero-order chi connectivity index (χ0) is 8.27. The van der Waals surface area contributed by atoms with E-state index >= 15 is 0 Å². The molecule has 5 heteroatoms. The maximum atomic E-state index is 10.1. The lowest BCUT2D eigenvalue weighted by atomic mass is 10.5. The summed E-state index contributed by atoms with van der Waals surface area (Å²) in [6, 6.07) is 0. The van der Waals surface area contributed by atoms with Gasteiger partial charge >= 0.3 is 5.97 Å². The number of aliphatic hydroxyl groups is 1. The maximum absolute atomic E-state index is 10.1. The van der Waals surface area contributed by atoms with Crippen molar-refractivity contribution in [2.24, 2.45) is 0 Å². The standard InChI is InChI=1S/C6H7NO3S/c8-5(6(9)10)3-7-1-2-11-4-7/h1-3,8H,4H2,(H,9,10). The van der Waals surface area contributed by atoms with E-state index in [0.29, 0.717) is 5.88 Å². The summed E-state index contributed by atoms with van der Waals surface area (Å²) in [7, 11) is 0. The van der Waals surface area contributed by atoms with Crippen molar-refractivity contribution in [3.05, 3.63) is 23.6 Å². The second-order valence-electron chi connectivity index (χ2n) is 1.91. The number of carboxylic acid groups (broad SMARTS) is 1. The molecule has 2 N–H and O–H groups in total. The minimum Gasteiger partial charge on any atom is -0.501 e. The average Bonchev–Trinajstić information content (AvgIpc) is 2.39. The molecule has 0 aliphatic carbocycles. The molecule has 11 heavy (non-hydrogen) atoms. The fourth-order valence-electron chi connectivity index (χ4n) is 0.586. The average molecular weight is 173 g/mol. The van der Waals surface area contributed by atoms with E-state index in [1.54, 1.807) is 11.1 Å². The summed E-state index contributed by atoms with van der Waals surface area (Å²) >= 11 is 1.53. The van der Waals surface area contributed by atoms with Crippen LogP contribution in [-0.4, -0.2) is 27.0 Å². The summed E-state index contributed by atoms with van der Waals surface area (Å²) in [5.41, 5.74) is 0. The zero-order valence-corrected chi connectivity index (χ0v) is 6.41. The van der Waals surface area contributed by atoms with Gasteiger partial charge in [-0.2, -0.15) is 0 Å². The molecule has 0 fully saturated rings. The van der Waals surface area contributed by atoms with Crippen molar-refractivity contribution in [3.63, 3.8) is 0 Å². The lowest BCUT2D eigenvalue weighted by Crippen LogP contribution is -2.09. The number of aliphatic hydroxyl groups excluding tert-OH is 1. The van der Waals surface area contributed by atoms with Crippen LogP contribution in [0, 0.1) is 0 Å². The SMILES string of the molecule is O=C(O)C(O)=CN1C=CSC1. The van der Waals surface area contributed by atoms with Crippen molar-refractivity contribution >= 4 is 17.7 Å². The largest absolute Gasteiger partial charge is 0.501 e. The van der Waals surface area contributed by atoms with Gasteiger partial charge in [-0.05, 0) is 5.41 Å². The first-order valence-corrected chi connectivity index (χ1v) is 3.93. The second kappa shape index (κ2) is 3.34. The van der Waals surface area contributed by atoms with E-state index in [4.69, 9.17) is 10.2 Å². The molecule has 0 aromatic heterocycles. The first-order chi connectivity index (χ1) is 5.20. The van der Waals surface area contributed by atoms with Crippen LogP contribution in [0.1, 0.15) is 0 Å². The van der Waals surface area contributed by atoms with Crippen molar-refractivity contribution in [2.45, 2.75) is 0 Å². The third-order valence-corrected chi connectivity index (χ3v) is 1.84. The molecule has 0 bridgehead atoms. The highest BCUT2D eigenvalue weighted by molar-refractivity contribution is 8.02. The summed E-state index contributed by atoms with van der Waals surface area (Å²) in [4.78, 5) is 11.7. The summed E-state index contributed by atoms with van der Waals surface area (Å²) in [5, 5.41) is 18.9. The van der Waals surface area contributed by atoms with E-state index in [9.17, 15) is 4.79 Å². The normalized spacial score (nSPS) is 17.5. The lowest BCUT2D eigenvalue weighted by Gasteiger charge is -2.06. The van der Waals surface area contributed by atoms with Crippen molar-refractivity contribution in [2.75, 3.05) is 5.88 Å². The molecule has 0 aromatic carbocycles. The van der Waals surface area contributed by atoms with Gasteiger partial charge in [0.1, 0.15) is 0 Å². The van der Waals surface area contributed by atoms with Gasteiger partial charge in [0.15, 0.2) is 0 Å². The van der Waals surface area contributed by atoms with E-state index in [1.807, 2.05) is 5.41 Å². The molecule has 1 heterocycles. The highest BCUT2D eigenvalue weighted by Gasteiger charge is 2.07. The van der Waals surface area contributed by atoms with Gasteiger partial charge < -0.3 is 15.1 Å². The number of hydrogen-bond donors (Lipinski definition) is 2. The quantitative estimate of drug-likeness (QED) is 0.481. The highest BCUT2D eigenvalue weighted by Crippen LogP contribution is 2.15. The fourth-order valence-corrected chi connectivity index (χ4v) is 1.25. The van der Waals surface area contributed by atoms with Gasteiger partial charge in [-0.25, -0.2) is 4.79 Å². The Kier molecular flexibility index (Phi) is 2.43. The van der Waals surface area contributed by atoms with Crippen LogP contribution in [0.25, 0.3) is 0 Å². The predicted molar refractivity (Wildman–Crippen MR) is 41.8 cm³/mol. The van der Waals surface area contributed by atoms with Crippen LogP contribution in [0.3, 0.4) is 0 Å². The number of thioether (sulfide) groups is 1. The molecule has 0 spiro atoms. The van der Waals surface area contributed by atoms with Gasteiger partial charge in [0.25, 0.3) is 0 Å². The minimum atomic E-state index is -1.31. The number of hydrogen-bond acceptors (Lipinski definition) is 4. The number of aliphatic carboxylic acids is 1. The molecule has 1 aliphatic rings. The topological polar surface area (TPSA) is 60.8 Å². The van der Waals surface area contributed by atoms with Crippen molar-refractivity contribution in [1.29, 1.82) is 0 Å². The Morgan fingerprint density at radius 3 is 2.82 bits per heavy atom. The van der Waals surface area contributed by atoms with Gasteiger partial charge in [-0.1, -0.05) is 0 Å². The number of carboxylic acids is 1. The lowest BCUT2D eigenvalue weighted by molar-refractivity contribution is -0.135. The molecule has 0 atom stereocenters. The molecule has 1 rings (SSSR count). The van der Waals surface area contributed by atoms with E-state index in [0.717, 1.165) is 0 Å². The Labute approximate surface area is 67.8 Å². The van der Waals surface area contributed by atoms with Crippen LogP contribution in [0.5, 0.6) is 0 Å². The van der Waals surface area contributed by atoms with E-state index in [1.165, 1.54) is 18.0 Å². The Morgan fingerprint density at radius 2 is 2.36 bits per heavy atom. The first-order valence-electron chi connectivity index (χ1n) is 2.88. The molecule has 1 aliphatic heterocycles. The van der Waals surface area contributed by atoms with Gasteiger partial charge in [-0.3, -0.25) is 0 Å². The molecule has 60 valence electrons. The fraction of sp³-hybridized carbons (Fsp3) is 0.167. The summed E-state index contributed by atoms with van der Waals surface area (Å²) < 4.78 is 0. The van der Waals surface area contributed by atoms with Crippen molar-refractivity contribution in [3.8, 4) is 0 Å². The van der Waals surface area contributed by atoms with Gasteiger partial charge in [0, 0.05) is 6.20 Å². The van der Waals surface area contributed by atoms with Crippen LogP contribution in [0.4, 0.5) is 0 Å². The first kappa shape index (κ1) is 8.00. The molecule has 0 saturated carbocycles. The summed E-state index contributed by atoms with van der Waals surface area (Å²) in [5.74, 6) is -1.30. The Bertz CT molecular complexity index is 224. The van der Waals surface area contributed by atoms with Crippen LogP contribution >= 0.6 is 11.8 Å². The Hall–Kier alpha value is -1.10. The van der Waals surface area contributed by atoms with Crippen LogP contribution in [0.15, 0.2) is 23.6 Å². The molecular formula is C6H7NO3S. The molecule has 0 radical (unpaired) electrons. The third-order valence-electron chi connectivity index (χ3n) is 1.08. The molecule has 0 saturated heterocycles. The number of rotatable bonds is 2. The van der Waals surface area contributed by atoms with Gasteiger partial charge in [0.05, 0.1) is 12.1 Å². The Balaban J connectivity index is 2.56. The third kappa shape index (κ3) is 2.19. The smallest absolute Gasteiger partial charge is 0.372 e. The van der Waals surface area contributed by atoms with Crippen molar-refractivity contribution < 1.29 is 15.0 Å². The molecular weight excluding hydrogens is 166 g/mol. The number of carbonyl (C=O) groups is 1. The van der Waals surface area contributed by atoms with Crippen LogP contribution in [-0.2, 0) is 4.79 Å². The molecule has 0 amide bonds. The van der Waals surface area contributed by atoms with E-state index in [-0.39, 0.29) is 0 Å². The molecule has 0 unspecified atom stereocenters. The number of nitrogens with zero attached hydrogens (tertiary/aromatic N) is 1. The van der Waals surface area contributed by atoms with E-state index < -0.39 is 11.7 Å². The molecule has 4 nitrogen and oxygen atoms in total. The van der Waals surface area contributed by atoms with E-state index in [2.05, 4.69) is 0 Å². The Morgan fingerprint density at radius 1 is 1.64 bits per heavy atom. The molecule has 0 aromatic rings. The van der Waals surface area contributed by atoms with Gasteiger partial charge in [0.2, 0.25) is 5.76 Å². The van der Waals surface area contributed by atoms with Crippen molar-refractivity contribution in [1.82, 2.24) is 4.90 Å². The van der Waals surface area contributed by atoms with Gasteiger partial charge in [-0.15, -0.1) is 11.8 Å². The van der Waals surface area contributed by atoms with Crippen LogP contribution in [0.2, 0.25) is 0 Å². The second-order valence-corrected chi connectivity index (χ2v) is 2.78. The summed E-state index contributed by atoms with van der Waals surface area (Å²) in [6.07, 6.45) is 2.88. The minimum absolute atomic E-state index is 0.642. The summed E-state index contributed by atoms with van der Waals surface area (Å²) in [6.45, 7) is 0. The zero-order valence-electron chi connectivity index (χ0n) is 5.60.